The Morgan fingerprint density at radius 1 is 1.06 bits per heavy atom. The quantitative estimate of drug-likeness (QED) is 0.151. The van der Waals surface area contributed by atoms with E-state index < -0.39 is 17.6 Å². The molecule has 2 aliphatic heterocycles. The zero-order chi connectivity index (χ0) is 34.7. The molecule has 50 heavy (non-hydrogen) atoms. The number of aryl methyl sites for hydroxylation is 1. The van der Waals surface area contributed by atoms with Crippen molar-refractivity contribution < 1.29 is 24.0 Å². The highest BCUT2D eigenvalue weighted by Crippen LogP contribution is 2.57. The number of aromatic nitrogens is 1. The van der Waals surface area contributed by atoms with E-state index in [4.69, 9.17) is 9.57 Å². The monoisotopic (exact) mass is 755 g/mol. The zero-order valence-electron chi connectivity index (χ0n) is 28.2. The Kier molecular flexibility index (Phi) is 10.4. The van der Waals surface area contributed by atoms with Crippen LogP contribution in [0.3, 0.4) is 0 Å². The molecule has 3 aromatic carbocycles. The standard InChI is InChI=1S/C40H42BrN3O5S/c1-26-11-10-12-27(19-26)20-28-13-6-3-2-4-7-14-29-23-40(29,38(47)43-49-31-15-8-5-9-16-31)24-35(45)34-22-32(25-44(34)37(28)46)48-39-42-33-18-17-30(41)21-36(33)50-39/h5,7-12,14-19,21,28-29,32,34H,2-4,6,13,20,22-25H2,1H3,(H,43,47)/b14-7-/t28-,29+,32-,34+,40-/m1/s1. The van der Waals surface area contributed by atoms with Gasteiger partial charge in [0, 0.05) is 23.2 Å². The molecule has 1 saturated carbocycles. The molecular weight excluding hydrogens is 714 g/mol. The van der Waals surface area contributed by atoms with Crippen LogP contribution in [0.15, 0.2) is 89.4 Å². The second-order valence-corrected chi connectivity index (χ2v) is 15.9. The van der Waals surface area contributed by atoms with Gasteiger partial charge in [-0.15, -0.1) is 0 Å². The molecule has 7 rings (SSSR count). The maximum atomic E-state index is 14.6. The minimum atomic E-state index is -0.933. The number of carbonyl (C=O) groups is 3. The second-order valence-electron chi connectivity index (χ2n) is 14.0. The minimum absolute atomic E-state index is 0.0181. The number of hydrogen-bond acceptors (Lipinski definition) is 7. The summed E-state index contributed by atoms with van der Waals surface area (Å²) in [7, 11) is 0. The van der Waals surface area contributed by atoms with E-state index >= 15 is 0 Å². The number of allylic oxidation sites excluding steroid dienone is 2. The fraction of sp³-hybridized carbons (Fsp3) is 0.400. The van der Waals surface area contributed by atoms with Gasteiger partial charge in [-0.25, -0.2) is 4.98 Å². The molecule has 2 fully saturated rings. The maximum Gasteiger partial charge on any atom is 0.274 e. The van der Waals surface area contributed by atoms with Crippen LogP contribution in [0, 0.1) is 24.2 Å². The van der Waals surface area contributed by atoms with Crippen LogP contribution in [0.25, 0.3) is 10.2 Å². The van der Waals surface area contributed by atoms with Gasteiger partial charge in [0.25, 0.3) is 11.1 Å². The third-order valence-corrected chi connectivity index (χ3v) is 11.7. The molecule has 0 bridgehead atoms. The third kappa shape index (κ3) is 7.81. The summed E-state index contributed by atoms with van der Waals surface area (Å²) >= 11 is 4.98. The first kappa shape index (κ1) is 34.4. The molecule has 260 valence electrons. The number of thiazole rings is 1. The van der Waals surface area contributed by atoms with E-state index in [2.05, 4.69) is 63.7 Å². The van der Waals surface area contributed by atoms with Gasteiger partial charge in [-0.3, -0.25) is 14.4 Å². The Hall–Kier alpha value is -4.02. The molecule has 3 aliphatic rings. The maximum absolute atomic E-state index is 14.6. The Balaban J connectivity index is 1.16. The van der Waals surface area contributed by atoms with Crippen molar-refractivity contribution in [3.8, 4) is 10.9 Å². The van der Waals surface area contributed by atoms with Gasteiger partial charge in [-0.05, 0) is 80.8 Å². The molecule has 1 N–H and O–H groups in total. The largest absolute Gasteiger partial charge is 0.465 e. The molecule has 10 heteroatoms. The van der Waals surface area contributed by atoms with Crippen molar-refractivity contribution in [2.75, 3.05) is 6.54 Å². The SMILES string of the molecule is Cc1cccc(C[C@H]2CCCCC/C=C\[C@H]3C[C@@]3(C(=O)NOc3ccccc3)CC(=O)[C@@H]3C[C@@H](Oc4nc5ccc(Br)cc5s4)CN3C2=O)c1. The molecule has 2 amide bonds. The van der Waals surface area contributed by atoms with Crippen LogP contribution in [-0.2, 0) is 20.8 Å². The van der Waals surface area contributed by atoms with Gasteiger partial charge >= 0.3 is 0 Å². The van der Waals surface area contributed by atoms with Crippen LogP contribution >= 0.6 is 27.3 Å². The van der Waals surface area contributed by atoms with Gasteiger partial charge in [0.1, 0.15) is 6.10 Å². The van der Waals surface area contributed by atoms with Crippen molar-refractivity contribution in [3.05, 3.63) is 101 Å². The highest BCUT2D eigenvalue weighted by atomic mass is 79.9. The van der Waals surface area contributed by atoms with E-state index in [9.17, 15) is 14.4 Å². The predicted octanol–water partition coefficient (Wildman–Crippen LogP) is 8.17. The fourth-order valence-electron chi connectivity index (χ4n) is 7.52. The number of nitrogens with one attached hydrogen (secondary N) is 1. The highest BCUT2D eigenvalue weighted by Gasteiger charge is 2.61. The molecule has 1 aromatic heterocycles. The van der Waals surface area contributed by atoms with Gasteiger partial charge in [0.2, 0.25) is 5.91 Å². The number of ketones is 1. The summed E-state index contributed by atoms with van der Waals surface area (Å²) in [5, 5.41) is 0.517. The van der Waals surface area contributed by atoms with E-state index in [0.29, 0.717) is 36.8 Å². The zero-order valence-corrected chi connectivity index (χ0v) is 30.6. The van der Waals surface area contributed by atoms with E-state index in [1.165, 1.54) is 11.3 Å². The average Bonchev–Trinajstić information content (AvgIpc) is 3.40. The first-order chi connectivity index (χ1) is 24.3. The van der Waals surface area contributed by atoms with Crippen LogP contribution in [0.2, 0.25) is 0 Å². The van der Waals surface area contributed by atoms with Gasteiger partial charge in [-0.1, -0.05) is 100 Å². The molecule has 8 nitrogen and oxygen atoms in total. The summed E-state index contributed by atoms with van der Waals surface area (Å²) in [5.41, 5.74) is 4.82. The number of benzene rings is 3. The number of Topliss-reactive ketones (excluding diaryl/α,β-unsaturated/α-hetero) is 1. The summed E-state index contributed by atoms with van der Waals surface area (Å²) < 4.78 is 8.39. The van der Waals surface area contributed by atoms with Crippen molar-refractivity contribution in [2.24, 2.45) is 17.3 Å². The van der Waals surface area contributed by atoms with E-state index in [1.807, 2.05) is 42.5 Å². The Morgan fingerprint density at radius 3 is 2.76 bits per heavy atom. The Bertz CT molecular complexity index is 1900. The molecule has 1 saturated heterocycles. The summed E-state index contributed by atoms with van der Waals surface area (Å²) in [6.45, 7) is 2.36. The van der Waals surface area contributed by atoms with Gasteiger partial charge in [0.05, 0.1) is 28.2 Å². The fourth-order valence-corrected chi connectivity index (χ4v) is 8.95. The highest BCUT2D eigenvalue weighted by molar-refractivity contribution is 9.10. The summed E-state index contributed by atoms with van der Waals surface area (Å²) in [5.74, 6) is -0.276. The smallest absolute Gasteiger partial charge is 0.274 e. The Morgan fingerprint density at radius 2 is 1.92 bits per heavy atom. The number of nitrogens with zero attached hydrogens (tertiary/aromatic N) is 2. The minimum Gasteiger partial charge on any atom is -0.465 e. The molecule has 3 heterocycles. The van der Waals surface area contributed by atoms with Crippen molar-refractivity contribution in [3.63, 3.8) is 0 Å². The molecule has 1 aliphatic carbocycles. The third-order valence-electron chi connectivity index (χ3n) is 10.3. The van der Waals surface area contributed by atoms with Gasteiger partial charge in [-0.2, -0.15) is 5.48 Å². The van der Waals surface area contributed by atoms with E-state index in [0.717, 1.165) is 57.9 Å². The molecule has 4 aromatic rings. The van der Waals surface area contributed by atoms with Gasteiger partial charge in [0.15, 0.2) is 11.5 Å². The van der Waals surface area contributed by atoms with Crippen molar-refractivity contribution in [1.82, 2.24) is 15.4 Å². The average molecular weight is 757 g/mol. The van der Waals surface area contributed by atoms with Crippen LogP contribution in [0.1, 0.15) is 62.5 Å². The number of hydrogen-bond donors (Lipinski definition) is 1. The molecule has 0 radical (unpaired) electrons. The van der Waals surface area contributed by atoms with Crippen molar-refractivity contribution in [1.29, 1.82) is 0 Å². The second kappa shape index (κ2) is 15.1. The van der Waals surface area contributed by atoms with Crippen LogP contribution < -0.4 is 15.1 Å². The number of ether oxygens (including phenoxy) is 1. The first-order valence-corrected chi connectivity index (χ1v) is 19.2. The normalized spacial score (nSPS) is 26.3. The van der Waals surface area contributed by atoms with E-state index in [1.54, 1.807) is 17.0 Å². The first-order valence-electron chi connectivity index (χ1n) is 17.6. The number of hydroxylamine groups is 1. The lowest BCUT2D eigenvalue weighted by molar-refractivity contribution is -0.143. The lowest BCUT2D eigenvalue weighted by Gasteiger charge is -2.29. The summed E-state index contributed by atoms with van der Waals surface area (Å²) in [6.07, 6.45) is 9.96. The predicted molar refractivity (Wildman–Crippen MR) is 198 cm³/mol. The number of halogens is 1. The molecule has 5 atom stereocenters. The van der Waals surface area contributed by atoms with E-state index in [-0.39, 0.29) is 35.9 Å². The topological polar surface area (TPSA) is 97.8 Å². The molecule has 0 unspecified atom stereocenters. The number of amides is 2. The summed E-state index contributed by atoms with van der Waals surface area (Å²) in [4.78, 5) is 55.0. The number of fused-ring (bicyclic) bond motifs is 3. The molecular formula is C40H42BrN3O5S. The van der Waals surface area contributed by atoms with Crippen LogP contribution in [0.5, 0.6) is 10.9 Å². The van der Waals surface area contributed by atoms with Crippen molar-refractivity contribution in [2.45, 2.75) is 76.9 Å². The van der Waals surface area contributed by atoms with Gasteiger partial charge < -0.3 is 14.5 Å². The number of para-hydroxylation sites is 1. The van der Waals surface area contributed by atoms with Crippen molar-refractivity contribution >= 4 is 55.1 Å². The van der Waals surface area contributed by atoms with Crippen LogP contribution in [0.4, 0.5) is 0 Å². The number of carbonyl (C=O) groups excluding carboxylic acids is 3. The Labute approximate surface area is 305 Å². The number of rotatable bonds is 7. The summed E-state index contributed by atoms with van der Waals surface area (Å²) in [6, 6.07) is 22.6. The lowest BCUT2D eigenvalue weighted by Crippen LogP contribution is -2.46. The molecule has 0 spiro atoms. The van der Waals surface area contributed by atoms with Crippen LogP contribution in [-0.4, -0.2) is 46.2 Å². The lowest BCUT2D eigenvalue weighted by atomic mass is 9.89.